The fraction of sp³-hybridized carbons (Fsp3) is 0.267. The fourth-order valence-corrected chi connectivity index (χ4v) is 2.33. The standard InChI is InChI=1S/C15H17N3O/c1-9-5-10(2)13(11(3)6-9)15-17-7-12(8-19)14(16-4)18-15/h5-8H,1-4H3,(H,16,17,18). The van der Waals surface area contributed by atoms with E-state index in [1.54, 1.807) is 13.2 Å². The summed E-state index contributed by atoms with van der Waals surface area (Å²) in [6.07, 6.45) is 2.31. The van der Waals surface area contributed by atoms with E-state index in [9.17, 15) is 4.79 Å². The molecule has 0 atom stereocenters. The maximum atomic E-state index is 10.9. The van der Waals surface area contributed by atoms with Crippen LogP contribution in [0.4, 0.5) is 5.82 Å². The molecule has 0 radical (unpaired) electrons. The third-order valence-electron chi connectivity index (χ3n) is 3.08. The van der Waals surface area contributed by atoms with Crippen LogP contribution in [0.25, 0.3) is 11.4 Å². The number of aryl methyl sites for hydroxylation is 3. The van der Waals surface area contributed by atoms with Crippen LogP contribution in [0.3, 0.4) is 0 Å². The van der Waals surface area contributed by atoms with Crippen LogP contribution in [-0.2, 0) is 0 Å². The molecule has 1 N–H and O–H groups in total. The number of aldehydes is 1. The summed E-state index contributed by atoms with van der Waals surface area (Å²) in [6.45, 7) is 6.16. The normalized spacial score (nSPS) is 10.3. The summed E-state index contributed by atoms with van der Waals surface area (Å²) < 4.78 is 0. The average molecular weight is 255 g/mol. The molecule has 4 nitrogen and oxygen atoms in total. The Morgan fingerprint density at radius 3 is 2.32 bits per heavy atom. The lowest BCUT2D eigenvalue weighted by molar-refractivity contribution is 0.112. The van der Waals surface area contributed by atoms with Crippen LogP contribution in [0.2, 0.25) is 0 Å². The van der Waals surface area contributed by atoms with Crippen molar-refractivity contribution in [1.82, 2.24) is 9.97 Å². The van der Waals surface area contributed by atoms with Crippen molar-refractivity contribution in [3.63, 3.8) is 0 Å². The number of nitrogens with zero attached hydrogens (tertiary/aromatic N) is 2. The molecule has 0 unspecified atom stereocenters. The van der Waals surface area contributed by atoms with Crippen LogP contribution in [0.15, 0.2) is 18.3 Å². The lowest BCUT2D eigenvalue weighted by Crippen LogP contribution is -2.03. The number of carbonyl (C=O) groups excluding carboxylic acids is 1. The molecule has 0 saturated carbocycles. The van der Waals surface area contributed by atoms with Crippen LogP contribution in [0.1, 0.15) is 27.0 Å². The highest BCUT2D eigenvalue weighted by atomic mass is 16.1. The Kier molecular flexibility index (Phi) is 3.60. The smallest absolute Gasteiger partial charge is 0.162 e. The molecule has 0 aliphatic rings. The molecule has 2 aromatic rings. The summed E-state index contributed by atoms with van der Waals surface area (Å²) in [5.41, 5.74) is 4.99. The molecule has 0 aliphatic heterocycles. The minimum Gasteiger partial charge on any atom is -0.372 e. The molecule has 19 heavy (non-hydrogen) atoms. The predicted octanol–water partition coefficient (Wildman–Crippen LogP) is 2.92. The van der Waals surface area contributed by atoms with Gasteiger partial charge in [-0.3, -0.25) is 4.79 Å². The number of hydrogen-bond acceptors (Lipinski definition) is 4. The Hall–Kier alpha value is -2.23. The number of aromatic nitrogens is 2. The lowest BCUT2D eigenvalue weighted by Gasteiger charge is -2.11. The number of hydrogen-bond donors (Lipinski definition) is 1. The van der Waals surface area contributed by atoms with Gasteiger partial charge in [-0.25, -0.2) is 9.97 Å². The first-order chi connectivity index (χ1) is 9.06. The number of carbonyl (C=O) groups is 1. The molecule has 4 heteroatoms. The summed E-state index contributed by atoms with van der Waals surface area (Å²) >= 11 is 0. The second-order valence-corrected chi connectivity index (χ2v) is 4.64. The third-order valence-corrected chi connectivity index (χ3v) is 3.08. The monoisotopic (exact) mass is 255 g/mol. The van der Waals surface area contributed by atoms with Gasteiger partial charge in [-0.15, -0.1) is 0 Å². The van der Waals surface area contributed by atoms with Crippen LogP contribution in [0.5, 0.6) is 0 Å². The van der Waals surface area contributed by atoms with E-state index in [-0.39, 0.29) is 0 Å². The van der Waals surface area contributed by atoms with E-state index < -0.39 is 0 Å². The maximum absolute atomic E-state index is 10.9. The highest BCUT2D eigenvalue weighted by Gasteiger charge is 2.12. The molecular weight excluding hydrogens is 238 g/mol. The van der Waals surface area contributed by atoms with E-state index >= 15 is 0 Å². The maximum Gasteiger partial charge on any atom is 0.162 e. The molecule has 0 saturated heterocycles. The van der Waals surface area contributed by atoms with Gasteiger partial charge in [0.15, 0.2) is 12.1 Å². The topological polar surface area (TPSA) is 54.9 Å². The van der Waals surface area contributed by atoms with Crippen LogP contribution < -0.4 is 5.32 Å². The van der Waals surface area contributed by atoms with Crippen LogP contribution >= 0.6 is 0 Å². The van der Waals surface area contributed by atoms with E-state index in [0.717, 1.165) is 23.0 Å². The van der Waals surface area contributed by atoms with E-state index in [2.05, 4.69) is 34.3 Å². The van der Waals surface area contributed by atoms with Crippen molar-refractivity contribution < 1.29 is 4.79 Å². The van der Waals surface area contributed by atoms with Gasteiger partial charge in [0.25, 0.3) is 0 Å². The Morgan fingerprint density at radius 1 is 1.16 bits per heavy atom. The zero-order valence-corrected chi connectivity index (χ0v) is 11.6. The van der Waals surface area contributed by atoms with Gasteiger partial charge in [0.05, 0.1) is 5.56 Å². The second kappa shape index (κ2) is 5.18. The summed E-state index contributed by atoms with van der Waals surface area (Å²) in [4.78, 5) is 19.6. The summed E-state index contributed by atoms with van der Waals surface area (Å²) in [5, 5.41) is 2.92. The number of rotatable bonds is 3. The van der Waals surface area contributed by atoms with Crippen molar-refractivity contribution in [3.05, 3.63) is 40.6 Å². The minimum atomic E-state index is 0.466. The van der Waals surface area contributed by atoms with Crippen molar-refractivity contribution in [2.24, 2.45) is 0 Å². The Labute approximate surface area is 112 Å². The fourth-order valence-electron chi connectivity index (χ4n) is 2.33. The molecule has 0 spiro atoms. The zero-order valence-electron chi connectivity index (χ0n) is 11.6. The first-order valence-corrected chi connectivity index (χ1v) is 6.15. The quantitative estimate of drug-likeness (QED) is 0.857. The predicted molar refractivity (Wildman–Crippen MR) is 76.6 cm³/mol. The van der Waals surface area contributed by atoms with E-state index in [0.29, 0.717) is 17.2 Å². The van der Waals surface area contributed by atoms with Gasteiger partial charge in [0.1, 0.15) is 5.82 Å². The molecule has 1 aromatic carbocycles. The van der Waals surface area contributed by atoms with Gasteiger partial charge in [0.2, 0.25) is 0 Å². The molecule has 0 aliphatic carbocycles. The molecule has 2 rings (SSSR count). The van der Waals surface area contributed by atoms with Gasteiger partial charge in [-0.05, 0) is 31.9 Å². The van der Waals surface area contributed by atoms with Crippen molar-refractivity contribution in [2.75, 3.05) is 12.4 Å². The zero-order chi connectivity index (χ0) is 14.0. The number of anilines is 1. The molecule has 1 heterocycles. The summed E-state index contributed by atoms with van der Waals surface area (Å²) in [6, 6.07) is 4.22. The Morgan fingerprint density at radius 2 is 1.79 bits per heavy atom. The summed E-state index contributed by atoms with van der Waals surface area (Å²) in [7, 11) is 1.74. The third kappa shape index (κ3) is 2.47. The SMILES string of the molecule is CNc1nc(-c2c(C)cc(C)cc2C)ncc1C=O. The van der Waals surface area contributed by atoms with E-state index in [4.69, 9.17) is 0 Å². The molecule has 98 valence electrons. The van der Waals surface area contributed by atoms with Gasteiger partial charge in [-0.2, -0.15) is 0 Å². The highest BCUT2D eigenvalue weighted by molar-refractivity contribution is 5.82. The number of nitrogens with one attached hydrogen (secondary N) is 1. The molecule has 1 aromatic heterocycles. The van der Waals surface area contributed by atoms with Gasteiger partial charge >= 0.3 is 0 Å². The van der Waals surface area contributed by atoms with E-state index in [1.807, 2.05) is 13.8 Å². The van der Waals surface area contributed by atoms with Crippen LogP contribution in [0, 0.1) is 20.8 Å². The molecule has 0 amide bonds. The largest absolute Gasteiger partial charge is 0.372 e. The van der Waals surface area contributed by atoms with Crippen molar-refractivity contribution in [1.29, 1.82) is 0 Å². The lowest BCUT2D eigenvalue weighted by atomic mass is 9.99. The molecular formula is C15H17N3O. The first-order valence-electron chi connectivity index (χ1n) is 6.15. The summed E-state index contributed by atoms with van der Waals surface area (Å²) in [5.74, 6) is 1.20. The van der Waals surface area contributed by atoms with Crippen molar-refractivity contribution in [3.8, 4) is 11.4 Å². The second-order valence-electron chi connectivity index (χ2n) is 4.64. The van der Waals surface area contributed by atoms with Crippen molar-refractivity contribution >= 4 is 12.1 Å². The van der Waals surface area contributed by atoms with Gasteiger partial charge in [-0.1, -0.05) is 17.7 Å². The average Bonchev–Trinajstić information content (AvgIpc) is 2.37. The van der Waals surface area contributed by atoms with Gasteiger partial charge in [0, 0.05) is 18.8 Å². The molecule has 0 fully saturated rings. The Balaban J connectivity index is 2.63. The number of benzene rings is 1. The first kappa shape index (κ1) is 13.2. The van der Waals surface area contributed by atoms with Gasteiger partial charge < -0.3 is 5.32 Å². The highest BCUT2D eigenvalue weighted by Crippen LogP contribution is 2.26. The molecule has 0 bridgehead atoms. The van der Waals surface area contributed by atoms with Crippen molar-refractivity contribution in [2.45, 2.75) is 20.8 Å². The van der Waals surface area contributed by atoms with Crippen LogP contribution in [-0.4, -0.2) is 23.3 Å². The minimum absolute atomic E-state index is 0.466. The van der Waals surface area contributed by atoms with E-state index in [1.165, 1.54) is 5.56 Å². The Bertz CT molecular complexity index is 612.